The molecule has 4 aliphatic rings. The maximum atomic E-state index is 14.6. The van der Waals surface area contributed by atoms with Crippen molar-refractivity contribution in [3.8, 4) is 0 Å². The molecule has 4 aromatic rings. The highest BCUT2D eigenvalue weighted by Gasteiger charge is 2.73. The molecule has 8 rings (SSSR count). The molecule has 0 saturated carbocycles. The number of hydrogen-bond acceptors (Lipinski definition) is 3. The number of benzene rings is 4. The summed E-state index contributed by atoms with van der Waals surface area (Å²) in [5, 5.41) is 2.98. The van der Waals surface area contributed by atoms with Gasteiger partial charge in [-0.2, -0.15) is 0 Å². The number of anilines is 1. The van der Waals surface area contributed by atoms with E-state index in [1.807, 2.05) is 111 Å². The zero-order chi connectivity index (χ0) is 29.4. The number of rotatable bonds is 5. The summed E-state index contributed by atoms with van der Waals surface area (Å²) in [4.78, 5) is 41.8. The smallest absolute Gasteiger partial charge is 0.248 e. The highest BCUT2D eigenvalue weighted by Crippen LogP contribution is 2.69. The highest BCUT2D eigenvalue weighted by molar-refractivity contribution is 6.36. The minimum absolute atomic E-state index is 0.152. The normalized spacial score (nSPS) is 26.0. The van der Waals surface area contributed by atoms with Gasteiger partial charge in [-0.05, 0) is 64.9 Å². The fourth-order valence-electron chi connectivity index (χ4n) is 7.41. The fourth-order valence-corrected chi connectivity index (χ4v) is 8.50. The molecule has 7 heteroatoms. The minimum Gasteiger partial charge on any atom is -0.324 e. The molecule has 2 bridgehead atoms. The van der Waals surface area contributed by atoms with Gasteiger partial charge in [0.15, 0.2) is 0 Å². The van der Waals surface area contributed by atoms with Crippen LogP contribution >= 0.6 is 23.2 Å². The summed E-state index contributed by atoms with van der Waals surface area (Å²) in [6.07, 6.45) is 0.152. The van der Waals surface area contributed by atoms with E-state index in [1.54, 1.807) is 0 Å². The van der Waals surface area contributed by atoms with Crippen molar-refractivity contribution >= 4 is 46.6 Å². The molecule has 1 N–H and O–H groups in total. The molecule has 210 valence electrons. The minimum atomic E-state index is -1.31. The molecule has 3 amide bonds. The van der Waals surface area contributed by atoms with Crippen molar-refractivity contribution in [3.05, 3.63) is 136 Å². The van der Waals surface area contributed by atoms with Gasteiger partial charge in [0, 0.05) is 12.1 Å². The van der Waals surface area contributed by atoms with Gasteiger partial charge in [-0.3, -0.25) is 19.3 Å². The molecule has 0 spiro atoms. The molecular formula is C35H28Cl2N2O3. The number of halogens is 2. The molecule has 1 heterocycles. The number of aryl methyl sites for hydroxylation is 2. The van der Waals surface area contributed by atoms with Crippen molar-refractivity contribution in [1.29, 1.82) is 0 Å². The third kappa shape index (κ3) is 3.66. The fraction of sp³-hybridized carbons (Fsp3) is 0.229. The van der Waals surface area contributed by atoms with Crippen LogP contribution in [-0.2, 0) is 30.6 Å². The van der Waals surface area contributed by atoms with Gasteiger partial charge in [-0.15, -0.1) is 23.2 Å². The summed E-state index contributed by atoms with van der Waals surface area (Å²) in [5.41, 5.74) is 6.31. The Hall–Kier alpha value is -3.93. The lowest BCUT2D eigenvalue weighted by Gasteiger charge is -2.54. The average Bonchev–Trinajstić information content (AvgIpc) is 3.25. The van der Waals surface area contributed by atoms with E-state index in [2.05, 4.69) is 5.32 Å². The molecule has 5 nitrogen and oxygen atoms in total. The van der Waals surface area contributed by atoms with Crippen LogP contribution < -0.4 is 5.32 Å². The van der Waals surface area contributed by atoms with E-state index in [4.69, 9.17) is 23.2 Å². The van der Waals surface area contributed by atoms with Gasteiger partial charge < -0.3 is 5.32 Å². The van der Waals surface area contributed by atoms with Gasteiger partial charge >= 0.3 is 0 Å². The number of amides is 3. The van der Waals surface area contributed by atoms with Crippen molar-refractivity contribution in [1.82, 2.24) is 4.90 Å². The number of carbonyl (C=O) groups is 3. The molecule has 1 aliphatic heterocycles. The van der Waals surface area contributed by atoms with Gasteiger partial charge in [0.25, 0.3) is 0 Å². The Balaban J connectivity index is 1.36. The van der Waals surface area contributed by atoms with E-state index in [0.29, 0.717) is 5.69 Å². The second-order valence-corrected chi connectivity index (χ2v) is 12.8. The van der Waals surface area contributed by atoms with Gasteiger partial charge in [0.1, 0.15) is 15.8 Å². The Bertz CT molecular complexity index is 1640. The van der Waals surface area contributed by atoms with Crippen LogP contribution in [0.5, 0.6) is 0 Å². The first-order valence-electron chi connectivity index (χ1n) is 14.0. The number of nitrogens with one attached hydrogen (secondary N) is 1. The summed E-state index contributed by atoms with van der Waals surface area (Å²) in [6, 6.07) is 29.1. The van der Waals surface area contributed by atoms with Crippen molar-refractivity contribution < 1.29 is 14.4 Å². The summed E-state index contributed by atoms with van der Waals surface area (Å²) < 4.78 is 0. The number of nitrogens with zero attached hydrogens (tertiary/aromatic N) is 1. The Morgan fingerprint density at radius 2 is 1.17 bits per heavy atom. The topological polar surface area (TPSA) is 66.5 Å². The summed E-state index contributed by atoms with van der Waals surface area (Å²) in [7, 11) is 0. The number of hydrogen-bond donors (Lipinski definition) is 1. The van der Waals surface area contributed by atoms with Crippen LogP contribution in [0.25, 0.3) is 0 Å². The number of alkyl halides is 2. The molecule has 0 unspecified atom stereocenters. The molecule has 4 aromatic carbocycles. The lowest BCUT2D eigenvalue weighted by Crippen LogP contribution is -2.57. The Labute approximate surface area is 254 Å². The van der Waals surface area contributed by atoms with E-state index in [-0.39, 0.29) is 6.42 Å². The largest absolute Gasteiger partial charge is 0.324 e. The third-order valence-corrected chi connectivity index (χ3v) is 10.3. The Morgan fingerprint density at radius 3 is 1.62 bits per heavy atom. The van der Waals surface area contributed by atoms with Crippen LogP contribution in [0.15, 0.2) is 97.1 Å². The van der Waals surface area contributed by atoms with Crippen molar-refractivity contribution in [3.63, 3.8) is 0 Å². The summed E-state index contributed by atoms with van der Waals surface area (Å²) in [6.45, 7) is 3.90. The van der Waals surface area contributed by atoms with Gasteiger partial charge in [0.2, 0.25) is 17.7 Å². The van der Waals surface area contributed by atoms with Crippen LogP contribution in [0.2, 0.25) is 0 Å². The van der Waals surface area contributed by atoms with Gasteiger partial charge in [0.05, 0.1) is 11.8 Å². The second kappa shape index (κ2) is 9.55. The lowest BCUT2D eigenvalue weighted by atomic mass is 9.54. The third-order valence-electron chi connectivity index (χ3n) is 8.99. The van der Waals surface area contributed by atoms with Gasteiger partial charge in [-0.25, -0.2) is 0 Å². The molecule has 0 radical (unpaired) electrons. The molecule has 0 aromatic heterocycles. The van der Waals surface area contributed by atoms with E-state index in [1.165, 1.54) is 0 Å². The maximum Gasteiger partial charge on any atom is 0.248 e. The number of carbonyl (C=O) groups excluding carboxylic acids is 3. The van der Waals surface area contributed by atoms with E-state index in [9.17, 15) is 14.4 Å². The maximum absolute atomic E-state index is 14.6. The molecule has 1 fully saturated rings. The monoisotopic (exact) mass is 594 g/mol. The van der Waals surface area contributed by atoms with Gasteiger partial charge in [-0.1, -0.05) is 84.9 Å². The van der Waals surface area contributed by atoms with Crippen LogP contribution in [0.4, 0.5) is 5.69 Å². The highest BCUT2D eigenvalue weighted by atomic mass is 35.5. The van der Waals surface area contributed by atoms with Crippen LogP contribution in [0.3, 0.4) is 0 Å². The SMILES string of the molecule is Cc1cc(C)cc(NC(=O)[C@H](Cc2ccccc2)N2C(=O)[C@@H]3[C@@H](C2=O)C2(Cl)c4ccccc4C3(Cl)c3ccccc32)c1. The number of imide groups is 1. The van der Waals surface area contributed by atoms with E-state index in [0.717, 1.165) is 43.8 Å². The van der Waals surface area contributed by atoms with Crippen molar-refractivity contribution in [2.75, 3.05) is 5.32 Å². The Kier molecular flexibility index (Phi) is 6.12. The zero-order valence-electron chi connectivity index (χ0n) is 23.1. The summed E-state index contributed by atoms with van der Waals surface area (Å²) in [5.74, 6) is -3.35. The first-order chi connectivity index (χ1) is 20.2. The molecule has 3 atom stereocenters. The van der Waals surface area contributed by atoms with Crippen LogP contribution in [-0.4, -0.2) is 28.7 Å². The average molecular weight is 596 g/mol. The van der Waals surface area contributed by atoms with Crippen LogP contribution in [0.1, 0.15) is 38.9 Å². The van der Waals surface area contributed by atoms with Crippen LogP contribution in [0, 0.1) is 25.7 Å². The quantitative estimate of drug-likeness (QED) is 0.213. The molecule has 3 aliphatic carbocycles. The second-order valence-electron chi connectivity index (χ2n) is 11.6. The first kappa shape index (κ1) is 26.9. The first-order valence-corrected chi connectivity index (χ1v) is 14.8. The Morgan fingerprint density at radius 1 is 0.738 bits per heavy atom. The number of likely N-dealkylation sites (tertiary alicyclic amines) is 1. The molecular weight excluding hydrogens is 567 g/mol. The molecule has 1 saturated heterocycles. The van der Waals surface area contributed by atoms with E-state index < -0.39 is 45.3 Å². The lowest BCUT2D eigenvalue weighted by molar-refractivity contribution is -0.146. The zero-order valence-corrected chi connectivity index (χ0v) is 24.6. The van der Waals surface area contributed by atoms with Crippen molar-refractivity contribution in [2.24, 2.45) is 11.8 Å². The predicted molar refractivity (Wildman–Crippen MR) is 163 cm³/mol. The van der Waals surface area contributed by atoms with E-state index >= 15 is 0 Å². The standard InChI is InChI=1S/C35H28Cl2N2O3/c1-20-16-21(2)18-23(17-20)38-31(40)28(19-22-10-4-3-5-11-22)39-32(41)29-30(33(39)42)35(37)25-13-7-6-12-24(25)34(29,36)26-14-8-9-15-27(26)35/h3-18,28-30H,19H2,1-2H3,(H,38,40)/t28-,29-,30-,34?,35?/m0/s1. The summed E-state index contributed by atoms with van der Waals surface area (Å²) >= 11 is 15.2. The molecule has 42 heavy (non-hydrogen) atoms. The predicted octanol–water partition coefficient (Wildman–Crippen LogP) is 6.45. The van der Waals surface area contributed by atoms with Crippen molar-refractivity contribution in [2.45, 2.75) is 36.1 Å².